The second-order valence-corrected chi connectivity index (χ2v) is 4.17. The topological polar surface area (TPSA) is 62.8 Å². The summed E-state index contributed by atoms with van der Waals surface area (Å²) in [5, 5.41) is 10.2. The minimum absolute atomic E-state index is 0.211. The molecular weight excluding hydrogens is 192 g/mol. The van der Waals surface area contributed by atoms with E-state index in [1.54, 1.807) is 0 Å². The Morgan fingerprint density at radius 3 is 3.07 bits per heavy atom. The van der Waals surface area contributed by atoms with E-state index in [9.17, 15) is 0 Å². The van der Waals surface area contributed by atoms with Crippen LogP contribution in [0.15, 0.2) is 6.33 Å². The molecule has 1 aromatic rings. The van der Waals surface area contributed by atoms with Gasteiger partial charge in [-0.3, -0.25) is 5.10 Å². The summed E-state index contributed by atoms with van der Waals surface area (Å²) < 4.78 is 5.37. The molecule has 2 rings (SSSR count). The molecule has 1 saturated heterocycles. The van der Waals surface area contributed by atoms with Crippen molar-refractivity contribution in [2.45, 2.75) is 32.4 Å². The van der Waals surface area contributed by atoms with Crippen LogP contribution in [0.3, 0.4) is 0 Å². The van der Waals surface area contributed by atoms with E-state index in [1.807, 2.05) is 0 Å². The Kier molecular flexibility index (Phi) is 3.33. The quantitative estimate of drug-likeness (QED) is 0.774. The Hall–Kier alpha value is -0.940. The van der Waals surface area contributed by atoms with Crippen LogP contribution in [-0.2, 0) is 4.74 Å². The van der Waals surface area contributed by atoms with Crippen molar-refractivity contribution < 1.29 is 4.74 Å². The fourth-order valence-corrected chi connectivity index (χ4v) is 1.98. The van der Waals surface area contributed by atoms with Crippen molar-refractivity contribution in [3.8, 4) is 0 Å². The molecule has 84 valence electrons. The minimum Gasteiger partial charge on any atom is -0.381 e. The van der Waals surface area contributed by atoms with Gasteiger partial charge < -0.3 is 10.1 Å². The average molecular weight is 210 g/mol. The predicted molar refractivity (Wildman–Crippen MR) is 56.3 cm³/mol. The summed E-state index contributed by atoms with van der Waals surface area (Å²) in [5.41, 5.74) is 0. The third-order valence-corrected chi connectivity index (χ3v) is 3.03. The smallest absolute Gasteiger partial charge is 0.141 e. The lowest BCUT2D eigenvalue weighted by Crippen LogP contribution is -2.36. The van der Waals surface area contributed by atoms with Crippen molar-refractivity contribution in [3.63, 3.8) is 0 Å². The molecule has 1 aliphatic heterocycles. The number of aromatic nitrogens is 3. The standard InChI is InChI=1S/C10H18N4O/c1-7(9-3-4-15-5-9)13-8(2)10-11-6-12-14-10/h6-9,13H,3-5H2,1-2H3,(H,11,12,14). The van der Waals surface area contributed by atoms with E-state index in [0.717, 1.165) is 25.5 Å². The molecule has 1 fully saturated rings. The molecule has 0 aromatic carbocycles. The highest BCUT2D eigenvalue weighted by molar-refractivity contribution is 4.91. The summed E-state index contributed by atoms with van der Waals surface area (Å²) in [5.74, 6) is 1.51. The molecule has 0 radical (unpaired) electrons. The van der Waals surface area contributed by atoms with Gasteiger partial charge in [-0.2, -0.15) is 5.10 Å². The van der Waals surface area contributed by atoms with E-state index in [4.69, 9.17) is 4.74 Å². The molecule has 5 heteroatoms. The molecule has 15 heavy (non-hydrogen) atoms. The maximum atomic E-state index is 5.37. The summed E-state index contributed by atoms with van der Waals surface area (Å²) in [6, 6.07) is 0.663. The van der Waals surface area contributed by atoms with E-state index in [0.29, 0.717) is 12.0 Å². The first-order valence-electron chi connectivity index (χ1n) is 5.46. The Morgan fingerprint density at radius 1 is 1.60 bits per heavy atom. The third-order valence-electron chi connectivity index (χ3n) is 3.03. The number of ether oxygens (including phenoxy) is 1. The fourth-order valence-electron chi connectivity index (χ4n) is 1.98. The molecule has 0 amide bonds. The molecule has 3 atom stereocenters. The van der Waals surface area contributed by atoms with Crippen LogP contribution >= 0.6 is 0 Å². The van der Waals surface area contributed by atoms with E-state index < -0.39 is 0 Å². The van der Waals surface area contributed by atoms with Gasteiger partial charge in [-0.05, 0) is 26.2 Å². The van der Waals surface area contributed by atoms with Crippen molar-refractivity contribution in [2.24, 2.45) is 5.92 Å². The summed E-state index contributed by atoms with van der Waals surface area (Å²) in [6.45, 7) is 6.06. The van der Waals surface area contributed by atoms with Crippen molar-refractivity contribution in [1.29, 1.82) is 0 Å². The van der Waals surface area contributed by atoms with Crippen molar-refractivity contribution in [3.05, 3.63) is 12.2 Å². The van der Waals surface area contributed by atoms with Gasteiger partial charge in [0.2, 0.25) is 0 Å². The Balaban J connectivity index is 1.85. The normalized spacial score (nSPS) is 25.3. The van der Waals surface area contributed by atoms with Gasteiger partial charge in [-0.1, -0.05) is 0 Å². The first-order chi connectivity index (χ1) is 7.27. The van der Waals surface area contributed by atoms with Gasteiger partial charge in [0.25, 0.3) is 0 Å². The van der Waals surface area contributed by atoms with Crippen LogP contribution in [0.25, 0.3) is 0 Å². The number of hydrogen-bond donors (Lipinski definition) is 2. The van der Waals surface area contributed by atoms with Gasteiger partial charge in [0.05, 0.1) is 12.6 Å². The molecule has 1 aromatic heterocycles. The van der Waals surface area contributed by atoms with Crippen LogP contribution in [0.4, 0.5) is 0 Å². The minimum atomic E-state index is 0.211. The highest BCUT2D eigenvalue weighted by Gasteiger charge is 2.23. The predicted octanol–water partition coefficient (Wildman–Crippen LogP) is 0.880. The van der Waals surface area contributed by atoms with Gasteiger partial charge in [0.1, 0.15) is 12.2 Å². The Labute approximate surface area is 89.6 Å². The van der Waals surface area contributed by atoms with Gasteiger partial charge >= 0.3 is 0 Å². The number of H-pyrrole nitrogens is 1. The Morgan fingerprint density at radius 2 is 2.47 bits per heavy atom. The average Bonchev–Trinajstić information content (AvgIpc) is 2.91. The lowest BCUT2D eigenvalue weighted by Gasteiger charge is -2.22. The van der Waals surface area contributed by atoms with Gasteiger partial charge in [-0.15, -0.1) is 0 Å². The zero-order valence-electron chi connectivity index (χ0n) is 9.23. The lowest BCUT2D eigenvalue weighted by atomic mass is 10.00. The summed E-state index contributed by atoms with van der Waals surface area (Å²) in [4.78, 5) is 4.14. The van der Waals surface area contributed by atoms with E-state index in [1.165, 1.54) is 6.33 Å². The lowest BCUT2D eigenvalue weighted by molar-refractivity contribution is 0.176. The van der Waals surface area contributed by atoms with Gasteiger partial charge in [0, 0.05) is 12.6 Å². The van der Waals surface area contributed by atoms with Crippen molar-refractivity contribution in [1.82, 2.24) is 20.5 Å². The maximum Gasteiger partial charge on any atom is 0.141 e. The fraction of sp³-hybridized carbons (Fsp3) is 0.800. The number of nitrogens with zero attached hydrogens (tertiary/aromatic N) is 2. The molecule has 2 N–H and O–H groups in total. The Bertz CT molecular complexity index is 282. The second kappa shape index (κ2) is 4.72. The van der Waals surface area contributed by atoms with Crippen molar-refractivity contribution >= 4 is 0 Å². The van der Waals surface area contributed by atoms with Gasteiger partial charge in [0.15, 0.2) is 0 Å². The summed E-state index contributed by atoms with van der Waals surface area (Å²) in [7, 11) is 0. The van der Waals surface area contributed by atoms with Crippen LogP contribution in [-0.4, -0.2) is 34.4 Å². The molecule has 0 bridgehead atoms. The van der Waals surface area contributed by atoms with Crippen LogP contribution in [0.2, 0.25) is 0 Å². The first kappa shape index (κ1) is 10.6. The summed E-state index contributed by atoms with van der Waals surface area (Å²) >= 11 is 0. The summed E-state index contributed by atoms with van der Waals surface area (Å²) in [6.07, 6.45) is 2.69. The molecular formula is C10H18N4O. The van der Waals surface area contributed by atoms with E-state index in [-0.39, 0.29) is 6.04 Å². The van der Waals surface area contributed by atoms with Crippen LogP contribution < -0.4 is 5.32 Å². The zero-order chi connectivity index (χ0) is 10.7. The van der Waals surface area contributed by atoms with Crippen LogP contribution in [0, 0.1) is 5.92 Å². The monoisotopic (exact) mass is 210 g/mol. The largest absolute Gasteiger partial charge is 0.381 e. The van der Waals surface area contributed by atoms with Crippen LogP contribution in [0.5, 0.6) is 0 Å². The molecule has 0 spiro atoms. The molecule has 0 saturated carbocycles. The SMILES string of the molecule is CC(NC(C)C1CCOC1)c1ncn[nH]1. The molecule has 0 aliphatic carbocycles. The number of rotatable bonds is 4. The van der Waals surface area contributed by atoms with Crippen LogP contribution in [0.1, 0.15) is 32.1 Å². The number of hydrogen-bond acceptors (Lipinski definition) is 4. The molecule has 3 unspecified atom stereocenters. The zero-order valence-corrected chi connectivity index (χ0v) is 9.23. The first-order valence-corrected chi connectivity index (χ1v) is 5.46. The molecule has 1 aliphatic rings. The van der Waals surface area contributed by atoms with E-state index in [2.05, 4.69) is 34.3 Å². The molecule has 5 nitrogen and oxygen atoms in total. The number of nitrogens with one attached hydrogen (secondary N) is 2. The van der Waals surface area contributed by atoms with E-state index >= 15 is 0 Å². The third kappa shape index (κ3) is 2.54. The second-order valence-electron chi connectivity index (χ2n) is 4.17. The molecule has 2 heterocycles. The number of aromatic amines is 1. The van der Waals surface area contributed by atoms with Gasteiger partial charge in [-0.25, -0.2) is 4.98 Å². The maximum absolute atomic E-state index is 5.37. The van der Waals surface area contributed by atoms with Crippen molar-refractivity contribution in [2.75, 3.05) is 13.2 Å². The highest BCUT2D eigenvalue weighted by atomic mass is 16.5. The highest BCUT2D eigenvalue weighted by Crippen LogP contribution is 2.18.